The van der Waals surface area contributed by atoms with E-state index in [0.29, 0.717) is 9.90 Å². The van der Waals surface area contributed by atoms with Gasteiger partial charge < -0.3 is 4.74 Å². The number of halogens is 1. The van der Waals surface area contributed by atoms with Crippen LogP contribution in [-0.2, 0) is 4.74 Å². The van der Waals surface area contributed by atoms with Gasteiger partial charge in [0, 0.05) is 9.90 Å². The molecule has 0 unspecified atom stereocenters. The van der Waals surface area contributed by atoms with E-state index in [1.807, 2.05) is 37.3 Å². The number of esters is 1. The molecule has 2 nitrogen and oxygen atoms in total. The summed E-state index contributed by atoms with van der Waals surface area (Å²) in [5.41, 5.74) is 1.99. The molecular weight excluding hydrogens is 256 g/mol. The minimum atomic E-state index is -0.285. The molecule has 1 aromatic heterocycles. The van der Waals surface area contributed by atoms with E-state index in [0.717, 1.165) is 16.0 Å². The van der Waals surface area contributed by atoms with Crippen molar-refractivity contribution in [3.63, 3.8) is 0 Å². The van der Waals surface area contributed by atoms with Gasteiger partial charge in [-0.25, -0.2) is 4.79 Å². The minimum Gasteiger partial charge on any atom is -0.465 e. The van der Waals surface area contributed by atoms with E-state index < -0.39 is 0 Å². The van der Waals surface area contributed by atoms with E-state index in [1.165, 1.54) is 18.4 Å². The molecule has 0 atom stereocenters. The van der Waals surface area contributed by atoms with Crippen molar-refractivity contribution in [1.29, 1.82) is 0 Å². The largest absolute Gasteiger partial charge is 0.465 e. The molecule has 4 heteroatoms. The Labute approximate surface area is 109 Å². The molecule has 0 amide bonds. The molecule has 0 aliphatic rings. The van der Waals surface area contributed by atoms with Gasteiger partial charge in [-0.3, -0.25) is 0 Å². The zero-order valence-corrected chi connectivity index (χ0v) is 11.1. The van der Waals surface area contributed by atoms with Crippen LogP contribution in [0.5, 0.6) is 0 Å². The highest BCUT2D eigenvalue weighted by molar-refractivity contribution is 7.17. The summed E-state index contributed by atoms with van der Waals surface area (Å²) in [6.45, 7) is 1.90. The molecule has 2 aromatic rings. The molecule has 2 rings (SSSR count). The number of ether oxygens (including phenoxy) is 1. The lowest BCUT2D eigenvalue weighted by Gasteiger charge is -1.97. The van der Waals surface area contributed by atoms with E-state index in [9.17, 15) is 4.79 Å². The van der Waals surface area contributed by atoms with E-state index >= 15 is 0 Å². The van der Waals surface area contributed by atoms with Crippen molar-refractivity contribution in [2.24, 2.45) is 0 Å². The summed E-state index contributed by atoms with van der Waals surface area (Å²) in [7, 11) is 1.39. The molecule has 1 aromatic carbocycles. The average molecular weight is 267 g/mol. The van der Waals surface area contributed by atoms with E-state index in [1.54, 1.807) is 0 Å². The predicted octanol–water partition coefficient (Wildman–Crippen LogP) is 4.16. The van der Waals surface area contributed by atoms with Crippen molar-refractivity contribution in [1.82, 2.24) is 0 Å². The fraction of sp³-hybridized carbons (Fsp3) is 0.154. The van der Waals surface area contributed by atoms with Gasteiger partial charge in [-0.2, -0.15) is 0 Å². The van der Waals surface area contributed by atoms with Gasteiger partial charge >= 0.3 is 5.97 Å². The van der Waals surface area contributed by atoms with Crippen LogP contribution in [0.15, 0.2) is 30.3 Å². The second-order valence-electron chi connectivity index (χ2n) is 3.62. The maximum Gasteiger partial charge on any atom is 0.348 e. The summed E-state index contributed by atoms with van der Waals surface area (Å²) in [5.74, 6) is -0.285. The minimum absolute atomic E-state index is 0.285. The molecule has 0 aliphatic carbocycles. The van der Waals surface area contributed by atoms with Gasteiger partial charge in [-0.05, 0) is 36.2 Å². The van der Waals surface area contributed by atoms with E-state index in [4.69, 9.17) is 16.3 Å². The summed E-state index contributed by atoms with van der Waals surface area (Å²) >= 11 is 7.27. The Bertz CT molecular complexity index is 543. The van der Waals surface area contributed by atoms with Crippen molar-refractivity contribution in [2.75, 3.05) is 7.11 Å². The highest BCUT2D eigenvalue weighted by Crippen LogP contribution is 2.32. The number of aryl methyl sites for hydroxylation is 1. The lowest BCUT2D eigenvalue weighted by molar-refractivity contribution is 0.0605. The normalized spacial score (nSPS) is 10.3. The number of hydrogen-bond donors (Lipinski definition) is 0. The van der Waals surface area contributed by atoms with Gasteiger partial charge in [0.25, 0.3) is 0 Å². The van der Waals surface area contributed by atoms with Crippen molar-refractivity contribution in [2.45, 2.75) is 6.92 Å². The Balaban J connectivity index is 2.41. The lowest BCUT2D eigenvalue weighted by Crippen LogP contribution is -1.99. The molecule has 0 fully saturated rings. The average Bonchev–Trinajstić information content (AvgIpc) is 2.71. The molecule has 1 heterocycles. The molecule has 0 radical (unpaired) electrons. The zero-order chi connectivity index (χ0) is 12.4. The van der Waals surface area contributed by atoms with Crippen LogP contribution in [0, 0.1) is 6.92 Å². The fourth-order valence-electron chi connectivity index (χ4n) is 1.53. The highest BCUT2D eigenvalue weighted by atomic mass is 35.5. The Morgan fingerprint density at radius 3 is 2.53 bits per heavy atom. The summed E-state index contributed by atoms with van der Waals surface area (Å²) in [5, 5.41) is 0.704. The van der Waals surface area contributed by atoms with Crippen molar-refractivity contribution in [3.8, 4) is 10.4 Å². The van der Waals surface area contributed by atoms with E-state index in [-0.39, 0.29) is 5.97 Å². The number of benzene rings is 1. The Morgan fingerprint density at radius 1 is 1.29 bits per heavy atom. The van der Waals surface area contributed by atoms with Gasteiger partial charge in [-0.1, -0.05) is 23.7 Å². The first-order valence-electron chi connectivity index (χ1n) is 5.06. The standard InChI is InChI=1S/C13H11ClO2S/c1-8-7-11(17-12(8)13(15)16-2)9-3-5-10(14)6-4-9/h3-7H,1-2H3. The number of methoxy groups -OCH3 is 1. The smallest absolute Gasteiger partial charge is 0.348 e. The first-order valence-corrected chi connectivity index (χ1v) is 6.26. The SMILES string of the molecule is COC(=O)c1sc(-c2ccc(Cl)cc2)cc1C. The fourth-order valence-corrected chi connectivity index (χ4v) is 2.76. The third kappa shape index (κ3) is 2.51. The van der Waals surface area contributed by atoms with Crippen LogP contribution >= 0.6 is 22.9 Å². The van der Waals surface area contributed by atoms with Crippen LogP contribution in [0.1, 0.15) is 15.2 Å². The second-order valence-corrected chi connectivity index (χ2v) is 5.11. The molecule has 0 aliphatic heterocycles. The molecule has 0 spiro atoms. The Kier molecular flexibility index (Phi) is 3.50. The van der Waals surface area contributed by atoms with Crippen LogP contribution in [0.4, 0.5) is 0 Å². The highest BCUT2D eigenvalue weighted by Gasteiger charge is 2.14. The van der Waals surface area contributed by atoms with Crippen LogP contribution in [-0.4, -0.2) is 13.1 Å². The second kappa shape index (κ2) is 4.90. The molecule has 17 heavy (non-hydrogen) atoms. The number of hydrogen-bond acceptors (Lipinski definition) is 3. The number of carbonyl (C=O) groups excluding carboxylic acids is 1. The molecule has 0 saturated heterocycles. The summed E-state index contributed by atoms with van der Waals surface area (Å²) in [6.07, 6.45) is 0. The van der Waals surface area contributed by atoms with Crippen molar-refractivity contribution in [3.05, 3.63) is 45.8 Å². The van der Waals surface area contributed by atoms with Gasteiger partial charge in [0.1, 0.15) is 4.88 Å². The van der Waals surface area contributed by atoms with Crippen LogP contribution in [0.25, 0.3) is 10.4 Å². The van der Waals surface area contributed by atoms with Crippen LogP contribution in [0.2, 0.25) is 5.02 Å². The maximum atomic E-state index is 11.5. The summed E-state index contributed by atoms with van der Waals surface area (Å²) in [6, 6.07) is 9.54. The van der Waals surface area contributed by atoms with Gasteiger partial charge in [0.2, 0.25) is 0 Å². The Hall–Kier alpha value is -1.32. The number of carbonyl (C=O) groups is 1. The first kappa shape index (κ1) is 12.1. The number of thiophene rings is 1. The third-order valence-corrected chi connectivity index (χ3v) is 3.94. The van der Waals surface area contributed by atoms with Crippen LogP contribution in [0.3, 0.4) is 0 Å². The van der Waals surface area contributed by atoms with Gasteiger partial charge in [-0.15, -0.1) is 11.3 Å². The topological polar surface area (TPSA) is 26.3 Å². The Morgan fingerprint density at radius 2 is 1.94 bits per heavy atom. The molecule has 0 bridgehead atoms. The van der Waals surface area contributed by atoms with Crippen LogP contribution < -0.4 is 0 Å². The monoisotopic (exact) mass is 266 g/mol. The van der Waals surface area contributed by atoms with Gasteiger partial charge in [0.15, 0.2) is 0 Å². The van der Waals surface area contributed by atoms with E-state index in [2.05, 4.69) is 0 Å². The van der Waals surface area contributed by atoms with Crippen molar-refractivity contribution >= 4 is 28.9 Å². The quantitative estimate of drug-likeness (QED) is 0.763. The molecule has 0 N–H and O–H groups in total. The first-order chi connectivity index (χ1) is 8.11. The van der Waals surface area contributed by atoms with Gasteiger partial charge in [0.05, 0.1) is 7.11 Å². The molecular formula is C13H11ClO2S. The molecule has 88 valence electrons. The summed E-state index contributed by atoms with van der Waals surface area (Å²) in [4.78, 5) is 13.2. The summed E-state index contributed by atoms with van der Waals surface area (Å²) < 4.78 is 4.74. The van der Waals surface area contributed by atoms with Crippen molar-refractivity contribution < 1.29 is 9.53 Å². The lowest BCUT2D eigenvalue weighted by atomic mass is 10.1. The maximum absolute atomic E-state index is 11.5. The molecule has 0 saturated carbocycles. The number of rotatable bonds is 2. The predicted molar refractivity (Wildman–Crippen MR) is 70.8 cm³/mol. The zero-order valence-electron chi connectivity index (χ0n) is 9.49. The third-order valence-electron chi connectivity index (χ3n) is 2.42.